The summed E-state index contributed by atoms with van der Waals surface area (Å²) < 4.78 is 0. The summed E-state index contributed by atoms with van der Waals surface area (Å²) in [4.78, 5) is 12.4. The predicted molar refractivity (Wildman–Crippen MR) is 20.2 cm³/mol. The van der Waals surface area contributed by atoms with E-state index in [0.29, 0.717) is 6.41 Å². The molecule has 1 amide bonds. The molecule has 0 bridgehead atoms. The number of hydrogen-bond donors (Lipinski definition) is 0. The van der Waals surface area contributed by atoms with Crippen LogP contribution in [-0.2, 0) is 4.79 Å². The third-order valence-electron chi connectivity index (χ3n) is 0.210. The van der Waals surface area contributed by atoms with Crippen molar-refractivity contribution in [3.63, 3.8) is 0 Å². The maximum Gasteiger partial charge on any atom is 0.232 e. The molecule has 0 aliphatic carbocycles. The first-order chi connectivity index (χ1) is 2.41. The number of carbonyl (C=O) groups is 1. The summed E-state index contributed by atoms with van der Waals surface area (Å²) in [5, 5.41) is 0. The van der Waals surface area contributed by atoms with Crippen LogP contribution in [0.2, 0.25) is 0 Å². The van der Waals surface area contributed by atoms with Crippen molar-refractivity contribution >= 4 is 12.6 Å². The van der Waals surface area contributed by atoms with Crippen LogP contribution in [0.5, 0.6) is 0 Å². The van der Waals surface area contributed by atoms with Crippen LogP contribution in [0.3, 0.4) is 0 Å². The Morgan fingerprint density at radius 1 is 1.80 bits per heavy atom. The Hall–Kier alpha value is -0.660. The van der Waals surface area contributed by atoms with Crippen molar-refractivity contribution in [2.75, 3.05) is 0 Å². The van der Waals surface area contributed by atoms with Gasteiger partial charge in [0.2, 0.25) is 6.41 Å². The van der Waals surface area contributed by atoms with Gasteiger partial charge in [-0.1, -0.05) is 0 Å². The molecule has 0 heterocycles. The van der Waals surface area contributed by atoms with E-state index in [4.69, 9.17) is 0 Å². The van der Waals surface area contributed by atoms with E-state index in [1.165, 1.54) is 6.21 Å². The molecular weight excluding hydrogens is 66.0 g/mol. The number of amides is 1. The molecule has 0 aromatic rings. The fraction of sp³-hybridized carbons (Fsp3) is 0.333. The first kappa shape index (κ1) is 4.34. The lowest BCUT2D eigenvalue weighted by Crippen LogP contribution is -1.57. The Balaban J connectivity index is 2.92. The lowest BCUT2D eigenvalue weighted by Gasteiger charge is -1.53. The number of hydrogen-bond acceptors (Lipinski definition) is 1. The largest absolute Gasteiger partial charge is 0.276 e. The number of rotatable bonds is 1. The van der Waals surface area contributed by atoms with Gasteiger partial charge in [-0.25, -0.2) is 4.99 Å². The van der Waals surface area contributed by atoms with Crippen LogP contribution < -0.4 is 0 Å². The molecule has 0 aromatic carbocycles. The van der Waals surface area contributed by atoms with Crippen LogP contribution in [0.1, 0.15) is 6.92 Å². The molecule has 0 aromatic heterocycles. The number of nitrogens with zero attached hydrogens (tertiary/aromatic N) is 1. The molecule has 0 saturated heterocycles. The lowest BCUT2D eigenvalue weighted by molar-refractivity contribution is -0.106. The lowest BCUT2D eigenvalue weighted by atomic mass is 10.9. The second-order valence-corrected chi connectivity index (χ2v) is 0.513. The number of aliphatic imine (C=N–C) groups is 1. The molecule has 0 aliphatic heterocycles. The Morgan fingerprint density at radius 3 is 2.40 bits per heavy atom. The zero-order chi connectivity index (χ0) is 4.12. The quantitative estimate of drug-likeness (QED) is 0.321. The molecule has 0 spiro atoms. The molecule has 2 nitrogen and oxygen atoms in total. The topological polar surface area (TPSA) is 29.4 Å². The van der Waals surface area contributed by atoms with Crippen LogP contribution in [0.25, 0.3) is 0 Å². The van der Waals surface area contributed by atoms with Gasteiger partial charge in [0.15, 0.2) is 0 Å². The predicted octanol–water partition coefficient (Wildman–Crippen LogP) is 0.234. The van der Waals surface area contributed by atoms with Crippen LogP contribution in [0, 0.1) is 0 Å². The van der Waals surface area contributed by atoms with Gasteiger partial charge < -0.3 is 0 Å². The van der Waals surface area contributed by atoms with Gasteiger partial charge in [0.1, 0.15) is 0 Å². The molecule has 5 heavy (non-hydrogen) atoms. The Bertz CT molecular complexity index is 48.9. The van der Waals surface area contributed by atoms with Gasteiger partial charge >= 0.3 is 0 Å². The smallest absolute Gasteiger partial charge is 0.232 e. The van der Waals surface area contributed by atoms with Crippen molar-refractivity contribution in [2.24, 2.45) is 4.99 Å². The van der Waals surface area contributed by atoms with Crippen molar-refractivity contribution in [3.05, 3.63) is 0 Å². The number of carbonyl (C=O) groups excluding carboxylic acids is 1. The van der Waals surface area contributed by atoms with E-state index in [-0.39, 0.29) is 0 Å². The van der Waals surface area contributed by atoms with Gasteiger partial charge in [0.05, 0.1) is 0 Å². The Kier molecular flexibility index (Phi) is 2.90. The summed E-state index contributed by atoms with van der Waals surface area (Å²) in [6.45, 7) is 1.69. The van der Waals surface area contributed by atoms with Gasteiger partial charge in [-0.2, -0.15) is 0 Å². The highest BCUT2D eigenvalue weighted by molar-refractivity contribution is 5.66. The summed E-state index contributed by atoms with van der Waals surface area (Å²) >= 11 is 0. The molecule has 0 N–H and O–H groups in total. The Morgan fingerprint density at radius 2 is 2.40 bits per heavy atom. The molecule has 0 saturated carbocycles. The third kappa shape index (κ3) is 3.34. The van der Waals surface area contributed by atoms with E-state index in [0.717, 1.165) is 0 Å². The molecule has 2 heteroatoms. The van der Waals surface area contributed by atoms with E-state index in [1.807, 2.05) is 0 Å². The maximum absolute atomic E-state index is 9.21. The summed E-state index contributed by atoms with van der Waals surface area (Å²) in [7, 11) is 0. The maximum atomic E-state index is 9.21. The van der Waals surface area contributed by atoms with Crippen LogP contribution in [0.15, 0.2) is 4.99 Å². The van der Waals surface area contributed by atoms with E-state index in [9.17, 15) is 4.79 Å². The summed E-state index contributed by atoms with van der Waals surface area (Å²) in [5.74, 6) is 0. The van der Waals surface area contributed by atoms with Gasteiger partial charge in [-0.3, -0.25) is 4.79 Å². The minimum atomic E-state index is 0.500. The summed E-state index contributed by atoms with van der Waals surface area (Å²) in [6.07, 6.45) is 1.94. The minimum absolute atomic E-state index is 0.500. The molecular formula is C3H5NO. The zero-order valence-corrected chi connectivity index (χ0v) is 3.01. The van der Waals surface area contributed by atoms with Gasteiger partial charge in [-0.15, -0.1) is 0 Å². The minimum Gasteiger partial charge on any atom is -0.276 e. The Labute approximate surface area is 30.5 Å². The highest BCUT2D eigenvalue weighted by Crippen LogP contribution is 1.44. The van der Waals surface area contributed by atoms with E-state index in [2.05, 4.69) is 4.99 Å². The highest BCUT2D eigenvalue weighted by atomic mass is 16.1. The van der Waals surface area contributed by atoms with E-state index in [1.54, 1.807) is 6.92 Å². The average Bonchev–Trinajstić information content (AvgIpc) is 1.41. The highest BCUT2D eigenvalue weighted by Gasteiger charge is 1.47. The molecule has 0 atom stereocenters. The van der Waals surface area contributed by atoms with Crippen LogP contribution in [-0.4, -0.2) is 12.6 Å². The summed E-state index contributed by atoms with van der Waals surface area (Å²) in [5.41, 5.74) is 0. The fourth-order valence-corrected chi connectivity index (χ4v) is 0.0609. The average molecular weight is 71.1 g/mol. The first-order valence-corrected chi connectivity index (χ1v) is 1.33. The van der Waals surface area contributed by atoms with E-state index < -0.39 is 0 Å². The van der Waals surface area contributed by atoms with Gasteiger partial charge in [0.25, 0.3) is 0 Å². The van der Waals surface area contributed by atoms with Crippen molar-refractivity contribution in [2.45, 2.75) is 6.92 Å². The monoisotopic (exact) mass is 71.0 g/mol. The molecule has 0 fully saturated rings. The van der Waals surface area contributed by atoms with Crippen LogP contribution in [0.4, 0.5) is 0 Å². The second-order valence-electron chi connectivity index (χ2n) is 0.513. The standard InChI is InChI=1S/C3H5NO/c1-2-4-3-5/h2-3H,1H3. The van der Waals surface area contributed by atoms with Gasteiger partial charge in [0, 0.05) is 6.21 Å². The molecule has 0 aliphatic rings. The van der Waals surface area contributed by atoms with Crippen molar-refractivity contribution in [1.82, 2.24) is 0 Å². The molecule has 0 radical (unpaired) electrons. The van der Waals surface area contributed by atoms with E-state index >= 15 is 0 Å². The fourth-order valence-electron chi connectivity index (χ4n) is 0.0609. The molecule has 28 valence electrons. The van der Waals surface area contributed by atoms with Gasteiger partial charge in [-0.05, 0) is 6.92 Å². The van der Waals surface area contributed by atoms with Crippen molar-refractivity contribution < 1.29 is 4.79 Å². The van der Waals surface area contributed by atoms with Crippen molar-refractivity contribution in [1.29, 1.82) is 0 Å². The zero-order valence-electron chi connectivity index (χ0n) is 3.01. The molecule has 0 rings (SSSR count). The summed E-state index contributed by atoms with van der Waals surface area (Å²) in [6, 6.07) is 0. The second kappa shape index (κ2) is 3.34. The third-order valence-corrected chi connectivity index (χ3v) is 0.210. The first-order valence-electron chi connectivity index (χ1n) is 1.33. The SMILES string of the molecule is CC=NC=O. The van der Waals surface area contributed by atoms with Crippen molar-refractivity contribution in [3.8, 4) is 0 Å². The molecule has 0 unspecified atom stereocenters. The van der Waals surface area contributed by atoms with Crippen LogP contribution >= 0.6 is 0 Å². The normalized spacial score (nSPS) is 9.00.